The second-order valence-electron chi connectivity index (χ2n) is 2.63. The van der Waals surface area contributed by atoms with Gasteiger partial charge in [0.15, 0.2) is 0 Å². The molecule has 0 aromatic carbocycles. The van der Waals surface area contributed by atoms with Crippen LogP contribution in [0.2, 0.25) is 0 Å². The molecule has 0 aromatic rings. The molecule has 0 aliphatic carbocycles. The minimum Gasteiger partial charge on any atom is -0.376 e. The molecule has 3 nitrogen and oxygen atoms in total. The van der Waals surface area contributed by atoms with Crippen LogP contribution in [-0.4, -0.2) is 29.2 Å². The summed E-state index contributed by atoms with van der Waals surface area (Å²) in [4.78, 5) is 12.2. The van der Waals surface area contributed by atoms with E-state index in [4.69, 9.17) is 5.11 Å². The Labute approximate surface area is 68.0 Å². The molecule has 1 N–H and O–H groups in total. The van der Waals surface area contributed by atoms with Crippen LogP contribution < -0.4 is 0 Å². The van der Waals surface area contributed by atoms with Crippen molar-refractivity contribution < 1.29 is 9.90 Å². The second kappa shape index (κ2) is 6.16. The van der Waals surface area contributed by atoms with Crippen molar-refractivity contribution in [1.29, 1.82) is 0 Å². The Morgan fingerprint density at radius 1 is 1.45 bits per heavy atom. The molecular weight excluding hydrogens is 142 g/mol. The van der Waals surface area contributed by atoms with E-state index in [1.807, 2.05) is 0 Å². The first-order chi connectivity index (χ1) is 5.22. The van der Waals surface area contributed by atoms with E-state index >= 15 is 0 Å². The lowest BCUT2D eigenvalue weighted by Crippen LogP contribution is -2.30. The summed E-state index contributed by atoms with van der Waals surface area (Å²) in [6.45, 7) is 4.11. The van der Waals surface area contributed by atoms with E-state index in [1.54, 1.807) is 0 Å². The highest BCUT2D eigenvalue weighted by atomic mass is 16.3. The molecule has 0 saturated carbocycles. The average Bonchev–Trinajstić information content (AvgIpc) is 1.97. The fraction of sp³-hybridized carbons (Fsp3) is 0.875. The van der Waals surface area contributed by atoms with Crippen LogP contribution in [0.4, 0.5) is 0 Å². The molecule has 0 spiro atoms. The van der Waals surface area contributed by atoms with E-state index in [0.29, 0.717) is 6.54 Å². The first-order valence-electron chi connectivity index (χ1n) is 4.08. The molecule has 0 aliphatic rings. The molecule has 0 fully saturated rings. The lowest BCUT2D eigenvalue weighted by atomic mass is 10.2. The predicted octanol–water partition coefficient (Wildman–Crippen LogP) is 0.975. The van der Waals surface area contributed by atoms with Crippen LogP contribution in [0.15, 0.2) is 0 Å². The Hall–Kier alpha value is -0.570. The first-order valence-corrected chi connectivity index (χ1v) is 4.08. The Balaban J connectivity index is 3.44. The molecule has 66 valence electrons. The molecule has 11 heavy (non-hydrogen) atoms. The fourth-order valence-corrected chi connectivity index (χ4v) is 0.880. The van der Waals surface area contributed by atoms with Crippen LogP contribution in [0.3, 0.4) is 0 Å². The molecule has 3 heteroatoms. The number of carbonyl (C=O) groups is 1. The van der Waals surface area contributed by atoms with Crippen molar-refractivity contribution in [3.8, 4) is 0 Å². The molecule has 0 bridgehead atoms. The lowest BCUT2D eigenvalue weighted by molar-refractivity contribution is -0.132. The summed E-state index contributed by atoms with van der Waals surface area (Å²) >= 11 is 0. The zero-order valence-electron chi connectivity index (χ0n) is 7.34. The van der Waals surface area contributed by atoms with Gasteiger partial charge in [-0.2, -0.15) is 0 Å². The van der Waals surface area contributed by atoms with Gasteiger partial charge in [-0.15, -0.1) is 0 Å². The maximum atomic E-state index is 10.7. The van der Waals surface area contributed by atoms with E-state index in [2.05, 4.69) is 6.92 Å². The number of rotatable bonds is 5. The van der Waals surface area contributed by atoms with Gasteiger partial charge in [-0.3, -0.25) is 4.79 Å². The third kappa shape index (κ3) is 4.79. The van der Waals surface area contributed by atoms with Gasteiger partial charge in [-0.25, -0.2) is 0 Å². The third-order valence-corrected chi connectivity index (χ3v) is 1.65. The molecule has 0 rings (SSSR count). The van der Waals surface area contributed by atoms with E-state index in [-0.39, 0.29) is 12.6 Å². The standard InChI is InChI=1S/C8H17NO2/c1-3-4-5-6-9(7-10)8(2)11/h10H,3-7H2,1-2H3. The van der Waals surface area contributed by atoms with E-state index < -0.39 is 0 Å². The molecule has 0 unspecified atom stereocenters. The summed E-state index contributed by atoms with van der Waals surface area (Å²) in [7, 11) is 0. The van der Waals surface area contributed by atoms with Gasteiger partial charge in [-0.1, -0.05) is 19.8 Å². The average molecular weight is 159 g/mol. The van der Waals surface area contributed by atoms with Gasteiger partial charge in [0.05, 0.1) is 0 Å². The number of amides is 1. The van der Waals surface area contributed by atoms with Crippen molar-refractivity contribution in [2.75, 3.05) is 13.3 Å². The van der Waals surface area contributed by atoms with Gasteiger partial charge in [0.25, 0.3) is 0 Å². The summed E-state index contributed by atoms with van der Waals surface area (Å²) in [6, 6.07) is 0. The smallest absolute Gasteiger partial charge is 0.221 e. The monoisotopic (exact) mass is 159 g/mol. The van der Waals surface area contributed by atoms with Crippen molar-refractivity contribution in [3.63, 3.8) is 0 Å². The Morgan fingerprint density at radius 3 is 2.45 bits per heavy atom. The zero-order valence-corrected chi connectivity index (χ0v) is 7.34. The largest absolute Gasteiger partial charge is 0.376 e. The molecule has 0 heterocycles. The lowest BCUT2D eigenvalue weighted by Gasteiger charge is -2.16. The first kappa shape index (κ1) is 10.4. The number of aliphatic hydroxyl groups is 1. The van der Waals surface area contributed by atoms with Crippen molar-refractivity contribution in [1.82, 2.24) is 4.90 Å². The second-order valence-corrected chi connectivity index (χ2v) is 2.63. The molecule has 0 saturated heterocycles. The van der Waals surface area contributed by atoms with E-state index in [9.17, 15) is 4.79 Å². The molecule has 0 aliphatic heterocycles. The van der Waals surface area contributed by atoms with Crippen molar-refractivity contribution >= 4 is 5.91 Å². The molecule has 0 aromatic heterocycles. The van der Waals surface area contributed by atoms with Crippen LogP contribution >= 0.6 is 0 Å². The van der Waals surface area contributed by atoms with Gasteiger partial charge in [-0.05, 0) is 6.42 Å². The number of carbonyl (C=O) groups excluding carboxylic acids is 1. The van der Waals surface area contributed by atoms with Crippen LogP contribution in [0.1, 0.15) is 33.1 Å². The third-order valence-electron chi connectivity index (χ3n) is 1.65. The highest BCUT2D eigenvalue weighted by Gasteiger charge is 2.04. The van der Waals surface area contributed by atoms with Crippen molar-refractivity contribution in [2.24, 2.45) is 0 Å². The number of hydrogen-bond donors (Lipinski definition) is 1. The Morgan fingerprint density at radius 2 is 2.09 bits per heavy atom. The molecule has 0 atom stereocenters. The fourth-order valence-electron chi connectivity index (χ4n) is 0.880. The van der Waals surface area contributed by atoms with Crippen molar-refractivity contribution in [3.05, 3.63) is 0 Å². The maximum Gasteiger partial charge on any atom is 0.221 e. The zero-order chi connectivity index (χ0) is 8.69. The van der Waals surface area contributed by atoms with Gasteiger partial charge in [0, 0.05) is 13.5 Å². The molecule has 1 amide bonds. The highest BCUT2D eigenvalue weighted by molar-refractivity contribution is 5.72. The quantitative estimate of drug-likeness (QED) is 0.479. The topological polar surface area (TPSA) is 40.5 Å². The minimum atomic E-state index is -0.154. The van der Waals surface area contributed by atoms with Crippen LogP contribution in [-0.2, 0) is 4.79 Å². The minimum absolute atomic E-state index is 0.0522. The number of unbranched alkanes of at least 4 members (excludes halogenated alkanes) is 2. The normalized spacial score (nSPS) is 9.73. The van der Waals surface area contributed by atoms with E-state index in [1.165, 1.54) is 11.8 Å². The summed E-state index contributed by atoms with van der Waals surface area (Å²) in [5.41, 5.74) is 0. The van der Waals surface area contributed by atoms with E-state index in [0.717, 1.165) is 19.3 Å². The van der Waals surface area contributed by atoms with Crippen molar-refractivity contribution in [2.45, 2.75) is 33.1 Å². The predicted molar refractivity (Wildman–Crippen MR) is 44.0 cm³/mol. The molecular formula is C8H17NO2. The number of aliphatic hydroxyl groups excluding tert-OH is 1. The summed E-state index contributed by atoms with van der Waals surface area (Å²) < 4.78 is 0. The molecule has 0 radical (unpaired) electrons. The van der Waals surface area contributed by atoms with Gasteiger partial charge >= 0.3 is 0 Å². The SMILES string of the molecule is CCCCCN(CO)C(C)=O. The summed E-state index contributed by atoms with van der Waals surface area (Å²) in [6.07, 6.45) is 3.23. The number of nitrogens with zero attached hydrogens (tertiary/aromatic N) is 1. The van der Waals surface area contributed by atoms with Crippen LogP contribution in [0.5, 0.6) is 0 Å². The number of hydrogen-bond acceptors (Lipinski definition) is 2. The summed E-state index contributed by atoms with van der Waals surface area (Å²) in [5, 5.41) is 8.70. The highest BCUT2D eigenvalue weighted by Crippen LogP contribution is 1.97. The maximum absolute atomic E-state index is 10.7. The Bertz CT molecular complexity index is 115. The summed E-state index contributed by atoms with van der Waals surface area (Å²) in [5.74, 6) is -0.0522. The Kier molecular flexibility index (Phi) is 5.84. The van der Waals surface area contributed by atoms with Gasteiger partial charge < -0.3 is 10.0 Å². The van der Waals surface area contributed by atoms with Gasteiger partial charge in [0.2, 0.25) is 5.91 Å². The van der Waals surface area contributed by atoms with Gasteiger partial charge in [0.1, 0.15) is 6.73 Å². The van der Waals surface area contributed by atoms with Crippen LogP contribution in [0, 0.1) is 0 Å². The van der Waals surface area contributed by atoms with Crippen LogP contribution in [0.25, 0.3) is 0 Å².